The Morgan fingerprint density at radius 2 is 2.00 bits per heavy atom. The summed E-state index contributed by atoms with van der Waals surface area (Å²) in [6.07, 6.45) is -4.35. The van der Waals surface area contributed by atoms with Gasteiger partial charge in [0.05, 0.1) is 0 Å². The van der Waals surface area contributed by atoms with Gasteiger partial charge in [-0.3, -0.25) is 4.79 Å². The molecule has 0 unspecified atom stereocenters. The minimum absolute atomic E-state index is 0.0572. The van der Waals surface area contributed by atoms with Crippen LogP contribution in [0.15, 0.2) is 0 Å². The Balaban J connectivity index is 3.64. The molecule has 1 amide bonds. The molecule has 1 radical (unpaired) electrons. The number of hydrogen-bond acceptors (Lipinski definition) is 1. The second-order valence-corrected chi connectivity index (χ2v) is 1.68. The summed E-state index contributed by atoms with van der Waals surface area (Å²) in [5.41, 5.74) is 0. The maximum Gasteiger partial charge on any atom is 0.473 e. The van der Waals surface area contributed by atoms with Crippen LogP contribution < -0.4 is 5.32 Å². The van der Waals surface area contributed by atoms with Crippen LogP contribution in [0, 0.1) is 0 Å². The number of carbonyl (C=O) groups is 1. The van der Waals surface area contributed by atoms with Crippen LogP contribution >= 0.6 is 0 Å². The first kappa shape index (κ1) is 9.26. The average Bonchev–Trinajstić information content (AvgIpc) is 1.80. The molecule has 0 aliphatic carbocycles. The third-order valence-corrected chi connectivity index (χ3v) is 0.722. The molecule has 5 heteroatoms. The maximum absolute atomic E-state index is 11.3. The van der Waals surface area contributed by atoms with Gasteiger partial charge in [-0.25, -0.2) is 5.32 Å². The molecule has 0 heterocycles. The van der Waals surface area contributed by atoms with Crippen LogP contribution in [0.25, 0.3) is 0 Å². The van der Waals surface area contributed by atoms with E-state index in [2.05, 4.69) is 5.32 Å². The molecule has 59 valence electrons. The van der Waals surface area contributed by atoms with Crippen LogP contribution in [0.5, 0.6) is 0 Å². The van der Waals surface area contributed by atoms with Gasteiger partial charge in [0.2, 0.25) is 0 Å². The Morgan fingerprint density at radius 1 is 1.50 bits per heavy atom. The average molecular weight is 154 g/mol. The zero-order chi connectivity index (χ0) is 8.20. The summed E-state index contributed by atoms with van der Waals surface area (Å²) in [6, 6.07) is 0. The largest absolute Gasteiger partial charge is 0.473 e. The molecule has 0 bridgehead atoms. The highest BCUT2D eigenvalue weighted by atomic mass is 19.4. The van der Waals surface area contributed by atoms with Gasteiger partial charge in [0.25, 0.3) is 0 Å². The number of carbonyl (C=O) groups excluding carboxylic acids is 1. The van der Waals surface area contributed by atoms with Gasteiger partial charge in [-0.2, -0.15) is 13.2 Å². The molecule has 0 aliphatic heterocycles. The van der Waals surface area contributed by atoms with Crippen molar-refractivity contribution in [3.05, 3.63) is 0 Å². The number of amides is 1. The molecule has 0 fully saturated rings. The normalized spacial score (nSPS) is 11.2. The Bertz CT molecular complexity index is 121. The fourth-order valence-corrected chi connectivity index (χ4v) is 0.303. The van der Waals surface area contributed by atoms with E-state index in [4.69, 9.17) is 0 Å². The van der Waals surface area contributed by atoms with E-state index in [1.54, 1.807) is 6.92 Å². The molecule has 0 aliphatic rings. The molecule has 0 rings (SSSR count). The monoisotopic (exact) mass is 154 g/mol. The zero-order valence-electron chi connectivity index (χ0n) is 5.40. The number of rotatable bonds is 2. The zero-order valence-corrected chi connectivity index (χ0v) is 5.40. The fraction of sp³-hybridized carbons (Fsp3) is 0.800. The van der Waals surface area contributed by atoms with Gasteiger partial charge >= 0.3 is 12.1 Å². The van der Waals surface area contributed by atoms with Gasteiger partial charge in [-0.1, -0.05) is 6.92 Å². The minimum atomic E-state index is -4.80. The fourth-order valence-electron chi connectivity index (χ4n) is 0.303. The van der Waals surface area contributed by atoms with Crippen molar-refractivity contribution in [2.24, 2.45) is 0 Å². The Morgan fingerprint density at radius 3 is 2.30 bits per heavy atom. The molecule has 0 N–H and O–H groups in total. The van der Waals surface area contributed by atoms with E-state index in [9.17, 15) is 18.0 Å². The lowest BCUT2D eigenvalue weighted by Gasteiger charge is -2.02. The van der Waals surface area contributed by atoms with E-state index < -0.39 is 12.1 Å². The number of nitrogens with zero attached hydrogens (tertiary/aromatic N) is 1. The quantitative estimate of drug-likeness (QED) is 0.585. The second kappa shape index (κ2) is 3.43. The van der Waals surface area contributed by atoms with Crippen LogP contribution in [0.1, 0.15) is 13.3 Å². The molecule has 0 aromatic heterocycles. The van der Waals surface area contributed by atoms with Gasteiger partial charge in [0, 0.05) is 6.54 Å². The molecule has 0 spiro atoms. The van der Waals surface area contributed by atoms with Crippen molar-refractivity contribution in [3.63, 3.8) is 0 Å². The van der Waals surface area contributed by atoms with Crippen LogP contribution in [-0.4, -0.2) is 18.6 Å². The van der Waals surface area contributed by atoms with E-state index in [0.717, 1.165) is 0 Å². The van der Waals surface area contributed by atoms with Crippen LogP contribution in [-0.2, 0) is 4.79 Å². The molecule has 0 saturated carbocycles. The molecule has 0 aromatic carbocycles. The number of halogens is 3. The van der Waals surface area contributed by atoms with Crippen molar-refractivity contribution in [2.75, 3.05) is 6.54 Å². The van der Waals surface area contributed by atoms with Gasteiger partial charge < -0.3 is 0 Å². The van der Waals surface area contributed by atoms with E-state index in [-0.39, 0.29) is 6.54 Å². The minimum Gasteiger partial charge on any atom is -0.262 e. The summed E-state index contributed by atoms with van der Waals surface area (Å²) in [5.74, 6) is -1.99. The number of hydrogen-bond donors (Lipinski definition) is 0. The summed E-state index contributed by atoms with van der Waals surface area (Å²) < 4.78 is 34.0. The Labute approximate surface area is 56.4 Å². The maximum atomic E-state index is 11.3. The predicted octanol–water partition coefficient (Wildman–Crippen LogP) is 1.09. The second-order valence-electron chi connectivity index (χ2n) is 1.68. The Kier molecular flexibility index (Phi) is 3.18. The summed E-state index contributed by atoms with van der Waals surface area (Å²) in [7, 11) is 0. The lowest BCUT2D eigenvalue weighted by molar-refractivity contribution is -0.173. The van der Waals surface area contributed by atoms with E-state index in [1.807, 2.05) is 0 Å². The lowest BCUT2D eigenvalue weighted by Crippen LogP contribution is -2.31. The molecular weight excluding hydrogens is 147 g/mol. The number of alkyl halides is 3. The molecular formula is C5H7F3NO. The lowest BCUT2D eigenvalue weighted by atomic mass is 10.4. The van der Waals surface area contributed by atoms with Gasteiger partial charge in [0.1, 0.15) is 0 Å². The first-order valence-electron chi connectivity index (χ1n) is 2.77. The van der Waals surface area contributed by atoms with E-state index >= 15 is 0 Å². The summed E-state index contributed by atoms with van der Waals surface area (Å²) in [6.45, 7) is 1.59. The van der Waals surface area contributed by atoms with Crippen molar-refractivity contribution in [1.29, 1.82) is 0 Å². The molecule has 0 atom stereocenters. The first-order chi connectivity index (χ1) is 4.48. The molecule has 2 nitrogen and oxygen atoms in total. The van der Waals surface area contributed by atoms with Gasteiger partial charge in [0.15, 0.2) is 0 Å². The highest BCUT2D eigenvalue weighted by Crippen LogP contribution is 2.14. The van der Waals surface area contributed by atoms with Crippen molar-refractivity contribution < 1.29 is 18.0 Å². The van der Waals surface area contributed by atoms with E-state index in [0.29, 0.717) is 6.42 Å². The van der Waals surface area contributed by atoms with Gasteiger partial charge in [-0.05, 0) is 6.42 Å². The van der Waals surface area contributed by atoms with Crippen molar-refractivity contribution in [1.82, 2.24) is 5.32 Å². The van der Waals surface area contributed by atoms with Crippen LogP contribution in [0.2, 0.25) is 0 Å². The van der Waals surface area contributed by atoms with Gasteiger partial charge in [-0.15, -0.1) is 0 Å². The highest BCUT2D eigenvalue weighted by molar-refractivity contribution is 5.81. The summed E-state index contributed by atoms with van der Waals surface area (Å²) >= 11 is 0. The predicted molar refractivity (Wildman–Crippen MR) is 28.4 cm³/mol. The first-order valence-corrected chi connectivity index (χ1v) is 2.77. The SMILES string of the molecule is CCC[N]C(=O)C(F)(F)F. The highest BCUT2D eigenvalue weighted by Gasteiger charge is 2.39. The third-order valence-electron chi connectivity index (χ3n) is 0.722. The molecule has 0 saturated heterocycles. The summed E-state index contributed by atoms with van der Waals surface area (Å²) in [4.78, 5) is 9.93. The van der Waals surface area contributed by atoms with Crippen LogP contribution in [0.3, 0.4) is 0 Å². The van der Waals surface area contributed by atoms with E-state index in [1.165, 1.54) is 0 Å². The smallest absolute Gasteiger partial charge is 0.262 e. The van der Waals surface area contributed by atoms with Crippen molar-refractivity contribution in [2.45, 2.75) is 19.5 Å². The molecule has 10 heavy (non-hydrogen) atoms. The molecule has 0 aromatic rings. The topological polar surface area (TPSA) is 31.2 Å². The summed E-state index contributed by atoms with van der Waals surface area (Å²) in [5, 5.41) is 2.75. The standard InChI is InChI=1S/C5H7F3NO/c1-2-3-9-4(10)5(6,7)8/h2-3H2,1H3. The third kappa shape index (κ3) is 3.32. The van der Waals surface area contributed by atoms with Crippen molar-refractivity contribution >= 4 is 5.91 Å². The van der Waals surface area contributed by atoms with Crippen molar-refractivity contribution in [3.8, 4) is 0 Å². The Hall–Kier alpha value is -0.740. The van der Waals surface area contributed by atoms with Crippen LogP contribution in [0.4, 0.5) is 13.2 Å².